The molecule has 0 radical (unpaired) electrons. The SMILES string of the molecule is CC(C)N1CCCC(CNC(=O)CCCNC(=O)c2cccs2)C1. The van der Waals surface area contributed by atoms with Crippen LogP contribution >= 0.6 is 11.3 Å². The van der Waals surface area contributed by atoms with Crippen LogP contribution in [0.5, 0.6) is 0 Å². The number of carbonyl (C=O) groups is 2. The zero-order valence-corrected chi connectivity index (χ0v) is 15.5. The third kappa shape index (κ3) is 6.24. The van der Waals surface area contributed by atoms with E-state index in [0.29, 0.717) is 36.2 Å². The molecule has 1 aliphatic heterocycles. The van der Waals surface area contributed by atoms with Crippen LogP contribution in [0.3, 0.4) is 0 Å². The first-order valence-corrected chi connectivity index (χ1v) is 9.76. The molecule has 0 saturated carbocycles. The lowest BCUT2D eigenvalue weighted by molar-refractivity contribution is -0.121. The highest BCUT2D eigenvalue weighted by molar-refractivity contribution is 7.12. The fraction of sp³-hybridized carbons (Fsp3) is 0.667. The van der Waals surface area contributed by atoms with Gasteiger partial charge in [0.25, 0.3) is 5.91 Å². The molecule has 0 aliphatic carbocycles. The molecule has 2 N–H and O–H groups in total. The summed E-state index contributed by atoms with van der Waals surface area (Å²) >= 11 is 1.43. The van der Waals surface area contributed by atoms with E-state index in [4.69, 9.17) is 0 Å². The predicted octanol–water partition coefficient (Wildman–Crippen LogP) is 2.49. The highest BCUT2D eigenvalue weighted by Crippen LogP contribution is 2.17. The molecule has 0 bridgehead atoms. The van der Waals surface area contributed by atoms with Crippen molar-refractivity contribution in [2.45, 2.75) is 45.6 Å². The van der Waals surface area contributed by atoms with E-state index in [0.717, 1.165) is 13.1 Å². The van der Waals surface area contributed by atoms with E-state index in [1.807, 2.05) is 11.4 Å². The molecule has 1 unspecified atom stereocenters. The quantitative estimate of drug-likeness (QED) is 0.708. The van der Waals surface area contributed by atoms with Gasteiger partial charge in [0.05, 0.1) is 4.88 Å². The van der Waals surface area contributed by atoms with Gasteiger partial charge in [-0.05, 0) is 57.0 Å². The third-order valence-corrected chi connectivity index (χ3v) is 5.35. The molecule has 2 heterocycles. The largest absolute Gasteiger partial charge is 0.356 e. The summed E-state index contributed by atoms with van der Waals surface area (Å²) in [6.45, 7) is 8.01. The van der Waals surface area contributed by atoms with Gasteiger partial charge < -0.3 is 15.5 Å². The van der Waals surface area contributed by atoms with Gasteiger partial charge in [-0.2, -0.15) is 0 Å². The summed E-state index contributed by atoms with van der Waals surface area (Å²) in [5.74, 6) is 0.590. The van der Waals surface area contributed by atoms with E-state index < -0.39 is 0 Å². The molecular formula is C18H29N3O2S. The summed E-state index contributed by atoms with van der Waals surface area (Å²) < 4.78 is 0. The van der Waals surface area contributed by atoms with Crippen LogP contribution in [0.15, 0.2) is 17.5 Å². The number of likely N-dealkylation sites (tertiary alicyclic amines) is 1. The molecule has 2 amide bonds. The van der Waals surface area contributed by atoms with Gasteiger partial charge in [0.1, 0.15) is 0 Å². The van der Waals surface area contributed by atoms with Crippen LogP contribution in [-0.4, -0.2) is 48.9 Å². The number of rotatable bonds is 8. The Labute approximate surface area is 148 Å². The molecule has 5 nitrogen and oxygen atoms in total. The molecule has 1 aromatic heterocycles. The maximum absolute atomic E-state index is 11.9. The topological polar surface area (TPSA) is 61.4 Å². The number of amides is 2. The van der Waals surface area contributed by atoms with Crippen LogP contribution in [0.2, 0.25) is 0 Å². The minimum atomic E-state index is -0.0543. The first-order valence-electron chi connectivity index (χ1n) is 8.88. The van der Waals surface area contributed by atoms with Gasteiger partial charge in [-0.15, -0.1) is 11.3 Å². The Morgan fingerprint density at radius 3 is 2.92 bits per heavy atom. The van der Waals surface area contributed by atoms with Crippen molar-refractivity contribution in [2.75, 3.05) is 26.2 Å². The number of nitrogens with one attached hydrogen (secondary N) is 2. The van der Waals surface area contributed by atoms with Crippen LogP contribution < -0.4 is 10.6 Å². The first kappa shape index (κ1) is 18.9. The standard InChI is InChI=1S/C18H29N3O2S/c1-14(2)21-10-4-6-15(13-21)12-20-17(22)8-3-9-19-18(23)16-7-5-11-24-16/h5,7,11,14-15H,3-4,6,8-10,12-13H2,1-2H3,(H,19,23)(H,20,22). The van der Waals surface area contributed by atoms with Crippen molar-refractivity contribution in [3.8, 4) is 0 Å². The van der Waals surface area contributed by atoms with Gasteiger partial charge in [-0.3, -0.25) is 9.59 Å². The summed E-state index contributed by atoms with van der Waals surface area (Å²) in [4.78, 5) is 26.9. The number of hydrogen-bond donors (Lipinski definition) is 2. The number of piperidine rings is 1. The Morgan fingerprint density at radius 1 is 1.38 bits per heavy atom. The van der Waals surface area contributed by atoms with Crippen molar-refractivity contribution in [1.29, 1.82) is 0 Å². The van der Waals surface area contributed by atoms with Crippen LogP contribution in [0.4, 0.5) is 0 Å². The average Bonchev–Trinajstić information content (AvgIpc) is 3.11. The number of nitrogens with zero attached hydrogens (tertiary/aromatic N) is 1. The van der Waals surface area contributed by atoms with E-state index in [-0.39, 0.29) is 11.8 Å². The van der Waals surface area contributed by atoms with Crippen molar-refractivity contribution in [1.82, 2.24) is 15.5 Å². The van der Waals surface area contributed by atoms with Crippen LogP contribution in [-0.2, 0) is 4.79 Å². The molecule has 1 aromatic rings. The lowest BCUT2D eigenvalue weighted by atomic mass is 9.97. The molecule has 1 fully saturated rings. The zero-order chi connectivity index (χ0) is 17.4. The Morgan fingerprint density at radius 2 is 2.21 bits per heavy atom. The summed E-state index contributed by atoms with van der Waals surface area (Å²) in [5, 5.41) is 7.78. The Kier molecular flexibility index (Phi) is 7.72. The van der Waals surface area contributed by atoms with E-state index in [1.54, 1.807) is 6.07 Å². The number of hydrogen-bond acceptors (Lipinski definition) is 4. The molecule has 1 atom stereocenters. The molecule has 24 heavy (non-hydrogen) atoms. The number of carbonyl (C=O) groups excluding carboxylic acids is 2. The monoisotopic (exact) mass is 351 g/mol. The fourth-order valence-corrected chi connectivity index (χ4v) is 3.67. The molecule has 6 heteroatoms. The van der Waals surface area contributed by atoms with Crippen LogP contribution in [0, 0.1) is 5.92 Å². The van der Waals surface area contributed by atoms with Gasteiger partial charge in [0.2, 0.25) is 5.91 Å². The van der Waals surface area contributed by atoms with Crippen molar-refractivity contribution in [3.05, 3.63) is 22.4 Å². The van der Waals surface area contributed by atoms with E-state index in [1.165, 1.54) is 30.7 Å². The molecule has 0 aromatic carbocycles. The second-order valence-electron chi connectivity index (χ2n) is 6.74. The molecule has 134 valence electrons. The Balaban J connectivity index is 1.56. The summed E-state index contributed by atoms with van der Waals surface area (Å²) in [5.41, 5.74) is 0. The summed E-state index contributed by atoms with van der Waals surface area (Å²) in [7, 11) is 0. The maximum atomic E-state index is 11.9. The smallest absolute Gasteiger partial charge is 0.261 e. The van der Waals surface area contributed by atoms with Crippen molar-refractivity contribution < 1.29 is 9.59 Å². The van der Waals surface area contributed by atoms with Crippen molar-refractivity contribution >= 4 is 23.2 Å². The highest BCUT2D eigenvalue weighted by atomic mass is 32.1. The second-order valence-corrected chi connectivity index (χ2v) is 7.69. The average molecular weight is 352 g/mol. The maximum Gasteiger partial charge on any atom is 0.261 e. The van der Waals surface area contributed by atoms with Crippen molar-refractivity contribution in [3.63, 3.8) is 0 Å². The van der Waals surface area contributed by atoms with E-state index in [9.17, 15) is 9.59 Å². The minimum absolute atomic E-state index is 0.0543. The fourth-order valence-electron chi connectivity index (χ4n) is 3.03. The highest BCUT2D eigenvalue weighted by Gasteiger charge is 2.21. The minimum Gasteiger partial charge on any atom is -0.356 e. The van der Waals surface area contributed by atoms with Gasteiger partial charge in [0, 0.05) is 32.1 Å². The summed E-state index contributed by atoms with van der Waals surface area (Å²) in [6, 6.07) is 4.24. The molecule has 2 rings (SSSR count). The summed E-state index contributed by atoms with van der Waals surface area (Å²) in [6.07, 6.45) is 3.55. The van der Waals surface area contributed by atoms with Crippen LogP contribution in [0.1, 0.15) is 49.2 Å². The van der Waals surface area contributed by atoms with Gasteiger partial charge in [-0.25, -0.2) is 0 Å². The van der Waals surface area contributed by atoms with Crippen LogP contribution in [0.25, 0.3) is 0 Å². The Hall–Kier alpha value is -1.40. The lowest BCUT2D eigenvalue weighted by Crippen LogP contribution is -2.43. The molecule has 1 aliphatic rings. The lowest BCUT2D eigenvalue weighted by Gasteiger charge is -2.35. The van der Waals surface area contributed by atoms with E-state index >= 15 is 0 Å². The first-order chi connectivity index (χ1) is 11.6. The van der Waals surface area contributed by atoms with E-state index in [2.05, 4.69) is 29.4 Å². The van der Waals surface area contributed by atoms with Crippen molar-refractivity contribution in [2.24, 2.45) is 5.92 Å². The predicted molar refractivity (Wildman–Crippen MR) is 98.3 cm³/mol. The second kappa shape index (κ2) is 9.79. The zero-order valence-electron chi connectivity index (χ0n) is 14.7. The third-order valence-electron chi connectivity index (χ3n) is 4.48. The Bertz CT molecular complexity index is 516. The molecule has 0 spiro atoms. The van der Waals surface area contributed by atoms with Gasteiger partial charge in [-0.1, -0.05) is 6.07 Å². The molecular weight excluding hydrogens is 322 g/mol. The molecule has 1 saturated heterocycles. The van der Waals surface area contributed by atoms with Gasteiger partial charge in [0.15, 0.2) is 0 Å². The normalized spacial score (nSPS) is 18.5. The number of thiophene rings is 1. The van der Waals surface area contributed by atoms with Gasteiger partial charge >= 0.3 is 0 Å².